The molecule has 1 amide bonds. The fourth-order valence-electron chi connectivity index (χ4n) is 4.49. The molecular weight excluding hydrogens is 450 g/mol. The van der Waals surface area contributed by atoms with Crippen LogP contribution in [0.25, 0.3) is 16.8 Å². The van der Waals surface area contributed by atoms with Crippen LogP contribution in [0.5, 0.6) is 11.5 Å². The number of carbonyl (C=O) groups is 2. The van der Waals surface area contributed by atoms with Crippen molar-refractivity contribution in [3.05, 3.63) is 76.8 Å². The predicted molar refractivity (Wildman–Crippen MR) is 126 cm³/mol. The molecule has 1 atom stereocenters. The molecule has 2 aromatic heterocycles. The molecule has 35 heavy (non-hydrogen) atoms. The zero-order chi connectivity index (χ0) is 24.3. The van der Waals surface area contributed by atoms with Crippen molar-refractivity contribution in [1.29, 1.82) is 0 Å². The number of hydrogen-bond donors (Lipinski definition) is 2. The molecule has 176 valence electrons. The van der Waals surface area contributed by atoms with E-state index in [1.807, 2.05) is 25.1 Å². The molecular formula is C26H21N3O6. The Morgan fingerprint density at radius 2 is 1.83 bits per heavy atom. The number of hydrogen-bond acceptors (Lipinski definition) is 7. The Morgan fingerprint density at radius 3 is 2.60 bits per heavy atom. The van der Waals surface area contributed by atoms with Gasteiger partial charge in [0, 0.05) is 5.56 Å². The Balaban J connectivity index is 1.53. The molecule has 2 N–H and O–H groups in total. The number of aliphatic hydroxyl groups excluding tert-OH is 1. The molecule has 0 bridgehead atoms. The molecule has 1 unspecified atom stereocenters. The molecule has 1 fully saturated rings. The van der Waals surface area contributed by atoms with E-state index in [2.05, 4.69) is 9.97 Å². The van der Waals surface area contributed by atoms with Crippen LogP contribution in [0.4, 0.5) is 5.95 Å². The molecule has 0 saturated carbocycles. The van der Waals surface area contributed by atoms with Gasteiger partial charge in [0.15, 0.2) is 11.5 Å². The van der Waals surface area contributed by atoms with Crippen LogP contribution in [0.2, 0.25) is 0 Å². The first-order valence-corrected chi connectivity index (χ1v) is 11.1. The Bertz CT molecular complexity index is 1550. The number of aromatic nitrogens is 2. The van der Waals surface area contributed by atoms with E-state index < -0.39 is 17.7 Å². The fraction of sp³-hybridized carbons (Fsp3) is 0.192. The summed E-state index contributed by atoms with van der Waals surface area (Å²) >= 11 is 0. The van der Waals surface area contributed by atoms with E-state index in [9.17, 15) is 14.7 Å². The predicted octanol–water partition coefficient (Wildman–Crippen LogP) is 4.17. The minimum absolute atomic E-state index is 0.0994. The van der Waals surface area contributed by atoms with Crippen molar-refractivity contribution in [3.8, 4) is 11.5 Å². The number of rotatable bonds is 3. The van der Waals surface area contributed by atoms with Gasteiger partial charge < -0.3 is 24.0 Å². The van der Waals surface area contributed by atoms with E-state index >= 15 is 0 Å². The monoisotopic (exact) mass is 471 g/mol. The number of aromatic amines is 1. The number of amides is 1. The highest BCUT2D eigenvalue weighted by atomic mass is 16.6. The van der Waals surface area contributed by atoms with E-state index in [-0.39, 0.29) is 17.3 Å². The molecule has 4 aromatic rings. The second-order valence-electron chi connectivity index (χ2n) is 8.56. The van der Waals surface area contributed by atoms with Crippen molar-refractivity contribution in [3.63, 3.8) is 0 Å². The van der Waals surface area contributed by atoms with E-state index in [0.717, 1.165) is 11.1 Å². The van der Waals surface area contributed by atoms with Crippen molar-refractivity contribution in [2.24, 2.45) is 0 Å². The van der Waals surface area contributed by atoms with E-state index in [0.29, 0.717) is 47.3 Å². The summed E-state index contributed by atoms with van der Waals surface area (Å²) in [7, 11) is 0. The summed E-state index contributed by atoms with van der Waals surface area (Å²) in [5.41, 5.74) is 2.61. The number of H-pyrrole nitrogens is 1. The first-order valence-electron chi connectivity index (χ1n) is 11.1. The van der Waals surface area contributed by atoms with Gasteiger partial charge in [-0.05, 0) is 61.9 Å². The Kier molecular flexibility index (Phi) is 4.67. The highest BCUT2D eigenvalue weighted by molar-refractivity contribution is 6.51. The number of imidazole rings is 1. The van der Waals surface area contributed by atoms with Gasteiger partial charge in [-0.2, -0.15) is 0 Å². The topological polar surface area (TPSA) is 118 Å². The van der Waals surface area contributed by atoms with Crippen LogP contribution in [0, 0.1) is 13.8 Å². The van der Waals surface area contributed by atoms with Gasteiger partial charge in [0.05, 0.1) is 16.6 Å². The average molecular weight is 471 g/mol. The van der Waals surface area contributed by atoms with E-state index in [4.69, 9.17) is 13.9 Å². The molecule has 4 heterocycles. The minimum atomic E-state index is -1.02. The Morgan fingerprint density at radius 1 is 1.03 bits per heavy atom. The normalized spacial score (nSPS) is 19.0. The van der Waals surface area contributed by atoms with Crippen LogP contribution in [0.3, 0.4) is 0 Å². The van der Waals surface area contributed by atoms with Crippen molar-refractivity contribution in [1.82, 2.24) is 9.97 Å². The van der Waals surface area contributed by atoms with Crippen molar-refractivity contribution >= 4 is 34.4 Å². The van der Waals surface area contributed by atoms with Crippen molar-refractivity contribution in [2.75, 3.05) is 18.1 Å². The number of nitrogens with zero attached hydrogens (tertiary/aromatic N) is 2. The standard InChI is InChI=1S/C26H21N3O6/c1-13-3-6-16-17(11-13)28-26(27-16)29-22(19-7-4-14(2)35-19)21(24(31)25(29)32)23(30)15-5-8-18-20(12-15)34-10-9-33-18/h3-8,11-12,22,30H,9-10H2,1-2H3,(H,27,28)/b23-21+. The molecule has 2 aromatic carbocycles. The van der Waals surface area contributed by atoms with E-state index in [1.54, 1.807) is 37.3 Å². The minimum Gasteiger partial charge on any atom is -0.507 e. The number of aliphatic hydroxyl groups is 1. The number of nitrogens with one attached hydrogen (secondary N) is 1. The summed E-state index contributed by atoms with van der Waals surface area (Å²) in [6.07, 6.45) is 0. The smallest absolute Gasteiger partial charge is 0.302 e. The zero-order valence-electron chi connectivity index (χ0n) is 19.0. The number of Topliss-reactive ketones (excluding diaryl/α,β-unsaturated/α-hetero) is 1. The summed E-state index contributed by atoms with van der Waals surface area (Å²) in [6.45, 7) is 4.52. The van der Waals surface area contributed by atoms with Gasteiger partial charge in [-0.25, -0.2) is 4.98 Å². The zero-order valence-corrected chi connectivity index (χ0v) is 19.0. The summed E-state index contributed by atoms with van der Waals surface area (Å²) in [5.74, 6) is 0.119. The molecule has 9 nitrogen and oxygen atoms in total. The van der Waals surface area contributed by atoms with Crippen LogP contribution in [0.1, 0.15) is 28.7 Å². The summed E-state index contributed by atoms with van der Waals surface area (Å²) in [4.78, 5) is 35.5. The first-order chi connectivity index (χ1) is 16.9. The lowest BCUT2D eigenvalue weighted by atomic mass is 9.99. The van der Waals surface area contributed by atoms with Gasteiger partial charge in [0.2, 0.25) is 5.95 Å². The number of ketones is 1. The molecule has 2 aliphatic heterocycles. The second kappa shape index (κ2) is 7.76. The molecule has 1 saturated heterocycles. The van der Waals surface area contributed by atoms with Crippen LogP contribution in [-0.2, 0) is 9.59 Å². The maximum absolute atomic E-state index is 13.3. The average Bonchev–Trinajstić information content (AvgIpc) is 3.54. The second-order valence-corrected chi connectivity index (χ2v) is 8.56. The molecule has 6 rings (SSSR count). The molecule has 0 spiro atoms. The number of benzene rings is 2. The Labute approximate surface area is 199 Å². The number of fused-ring (bicyclic) bond motifs is 2. The lowest BCUT2D eigenvalue weighted by molar-refractivity contribution is -0.132. The molecule has 2 aliphatic rings. The highest BCUT2D eigenvalue weighted by Gasteiger charge is 2.49. The van der Waals surface area contributed by atoms with Crippen LogP contribution in [-0.4, -0.2) is 40.0 Å². The number of furan rings is 1. The largest absolute Gasteiger partial charge is 0.507 e. The number of aryl methyl sites for hydroxylation is 2. The van der Waals surface area contributed by atoms with Gasteiger partial charge in [-0.1, -0.05) is 6.07 Å². The third-order valence-corrected chi connectivity index (χ3v) is 6.14. The van der Waals surface area contributed by atoms with Crippen molar-refractivity contribution in [2.45, 2.75) is 19.9 Å². The summed E-state index contributed by atoms with van der Waals surface area (Å²) < 4.78 is 17.0. The maximum Gasteiger partial charge on any atom is 0.302 e. The Hall–Kier alpha value is -4.53. The third-order valence-electron chi connectivity index (χ3n) is 6.14. The molecule has 9 heteroatoms. The molecule has 0 aliphatic carbocycles. The first kappa shape index (κ1) is 21.0. The fourth-order valence-corrected chi connectivity index (χ4v) is 4.49. The maximum atomic E-state index is 13.3. The van der Waals surface area contributed by atoms with Gasteiger partial charge in [0.25, 0.3) is 5.78 Å². The van der Waals surface area contributed by atoms with Crippen LogP contribution in [0.15, 0.2) is 58.5 Å². The van der Waals surface area contributed by atoms with Gasteiger partial charge in [-0.15, -0.1) is 0 Å². The van der Waals surface area contributed by atoms with Gasteiger partial charge >= 0.3 is 5.91 Å². The lowest BCUT2D eigenvalue weighted by Crippen LogP contribution is -2.30. The molecule has 0 radical (unpaired) electrons. The highest BCUT2D eigenvalue weighted by Crippen LogP contribution is 2.43. The third kappa shape index (κ3) is 3.35. The number of carbonyl (C=O) groups excluding carboxylic acids is 2. The van der Waals surface area contributed by atoms with Gasteiger partial charge in [-0.3, -0.25) is 14.5 Å². The van der Waals surface area contributed by atoms with E-state index in [1.165, 1.54) is 4.90 Å². The SMILES string of the molecule is Cc1ccc2nc(N3C(=O)C(=O)/C(=C(/O)c4ccc5c(c4)OCCO5)C3c3ccc(C)o3)[nH]c2c1. The quantitative estimate of drug-likeness (QED) is 0.262. The summed E-state index contributed by atoms with van der Waals surface area (Å²) in [6, 6.07) is 12.9. The number of anilines is 1. The summed E-state index contributed by atoms with van der Waals surface area (Å²) in [5, 5.41) is 11.3. The lowest BCUT2D eigenvalue weighted by Gasteiger charge is -2.21. The van der Waals surface area contributed by atoms with Crippen LogP contribution >= 0.6 is 0 Å². The van der Waals surface area contributed by atoms with Crippen molar-refractivity contribution < 1.29 is 28.6 Å². The number of ether oxygens (including phenoxy) is 2. The van der Waals surface area contributed by atoms with Gasteiger partial charge in [0.1, 0.15) is 36.5 Å². The van der Waals surface area contributed by atoms with Crippen LogP contribution < -0.4 is 14.4 Å².